The fraction of sp³-hybridized carbons (Fsp3) is 0.444. The Morgan fingerprint density at radius 2 is 1.80 bits per heavy atom. The number of likely N-dealkylation sites (tertiary alicyclic amines) is 1. The summed E-state index contributed by atoms with van der Waals surface area (Å²) in [5.74, 6) is -0.111. The number of nitrogens with two attached hydrogens (primary N) is 1. The number of piperidine rings is 1. The third kappa shape index (κ3) is 7.55. The molecule has 0 saturated carbocycles. The number of hydrogen-bond donors (Lipinski definition) is 3. The Hall–Kier alpha value is -3.39. The molecule has 0 spiro atoms. The standard InChI is InChI=1S/C27H37N5O3/c1-3-32(4-2)26(34)23-10-6-16-31(19-23)17-7-15-29-27(35)30-24-13-11-20(12-14-24)21-8-5-9-22(18-21)25(28)33/h5,8-9,11-14,18,23H,3-4,6-7,10,15-17,19H2,1-2H3,(H2,28,33)(H2,29,30,35). The molecular weight excluding hydrogens is 442 g/mol. The van der Waals surface area contributed by atoms with Gasteiger partial charge in [-0.1, -0.05) is 24.3 Å². The summed E-state index contributed by atoms with van der Waals surface area (Å²) in [5, 5.41) is 5.75. The highest BCUT2D eigenvalue weighted by Gasteiger charge is 2.27. The van der Waals surface area contributed by atoms with Gasteiger partial charge in [0.15, 0.2) is 0 Å². The van der Waals surface area contributed by atoms with Crippen LogP contribution < -0.4 is 16.4 Å². The van der Waals surface area contributed by atoms with Gasteiger partial charge in [-0.3, -0.25) is 9.59 Å². The van der Waals surface area contributed by atoms with Gasteiger partial charge in [0.1, 0.15) is 0 Å². The number of benzene rings is 2. The summed E-state index contributed by atoms with van der Waals surface area (Å²) in [6.07, 6.45) is 2.82. The van der Waals surface area contributed by atoms with E-state index in [-0.39, 0.29) is 17.9 Å². The molecule has 1 aliphatic heterocycles. The molecule has 1 unspecified atom stereocenters. The number of nitrogens with one attached hydrogen (secondary N) is 2. The Morgan fingerprint density at radius 3 is 2.49 bits per heavy atom. The Bertz CT molecular complexity index is 1000. The predicted octanol–water partition coefficient (Wildman–Crippen LogP) is 3.54. The Morgan fingerprint density at radius 1 is 1.06 bits per heavy atom. The minimum Gasteiger partial charge on any atom is -0.366 e. The molecule has 35 heavy (non-hydrogen) atoms. The molecule has 0 bridgehead atoms. The minimum absolute atomic E-state index is 0.0844. The van der Waals surface area contributed by atoms with Crippen molar-refractivity contribution in [1.82, 2.24) is 15.1 Å². The molecule has 188 valence electrons. The number of carbonyl (C=O) groups excluding carboxylic acids is 3. The smallest absolute Gasteiger partial charge is 0.319 e. The van der Waals surface area contributed by atoms with Crippen molar-refractivity contribution in [2.24, 2.45) is 11.7 Å². The molecule has 8 heteroatoms. The van der Waals surface area contributed by atoms with Crippen LogP contribution in [0.15, 0.2) is 48.5 Å². The van der Waals surface area contributed by atoms with Crippen molar-refractivity contribution >= 4 is 23.5 Å². The molecule has 1 fully saturated rings. The Balaban J connectivity index is 1.40. The number of primary amides is 1. The van der Waals surface area contributed by atoms with E-state index >= 15 is 0 Å². The fourth-order valence-electron chi connectivity index (χ4n) is 4.53. The van der Waals surface area contributed by atoms with Crippen LogP contribution in [0.2, 0.25) is 0 Å². The van der Waals surface area contributed by atoms with E-state index in [0.717, 1.165) is 63.1 Å². The van der Waals surface area contributed by atoms with Crippen LogP contribution in [0.1, 0.15) is 43.5 Å². The van der Waals surface area contributed by atoms with Crippen molar-refractivity contribution in [2.45, 2.75) is 33.1 Å². The number of hydrogen-bond acceptors (Lipinski definition) is 4. The number of carbonyl (C=O) groups is 3. The molecule has 4 amide bonds. The topological polar surface area (TPSA) is 108 Å². The molecule has 4 N–H and O–H groups in total. The van der Waals surface area contributed by atoms with Crippen molar-refractivity contribution in [3.05, 3.63) is 54.1 Å². The fourth-order valence-corrected chi connectivity index (χ4v) is 4.53. The van der Waals surface area contributed by atoms with Gasteiger partial charge in [-0.2, -0.15) is 0 Å². The lowest BCUT2D eigenvalue weighted by Gasteiger charge is -2.34. The summed E-state index contributed by atoms with van der Waals surface area (Å²) in [6, 6.07) is 14.3. The van der Waals surface area contributed by atoms with Crippen LogP contribution in [-0.4, -0.2) is 66.9 Å². The van der Waals surface area contributed by atoms with Gasteiger partial charge in [0.25, 0.3) is 0 Å². The first-order chi connectivity index (χ1) is 16.9. The van der Waals surface area contributed by atoms with Gasteiger partial charge < -0.3 is 26.2 Å². The largest absolute Gasteiger partial charge is 0.366 e. The van der Waals surface area contributed by atoms with E-state index in [9.17, 15) is 14.4 Å². The van der Waals surface area contributed by atoms with Crippen molar-refractivity contribution in [3.63, 3.8) is 0 Å². The number of urea groups is 1. The third-order valence-electron chi connectivity index (χ3n) is 6.49. The van der Waals surface area contributed by atoms with Crippen LogP contribution in [0.4, 0.5) is 10.5 Å². The lowest BCUT2D eigenvalue weighted by Crippen LogP contribution is -2.45. The molecular formula is C27H37N5O3. The monoisotopic (exact) mass is 479 g/mol. The summed E-state index contributed by atoms with van der Waals surface area (Å²) in [4.78, 5) is 40.6. The lowest BCUT2D eigenvalue weighted by molar-refractivity contribution is -0.137. The van der Waals surface area contributed by atoms with Crippen molar-refractivity contribution in [3.8, 4) is 11.1 Å². The molecule has 0 aromatic heterocycles. The molecule has 1 atom stereocenters. The van der Waals surface area contributed by atoms with E-state index in [1.807, 2.05) is 49.1 Å². The molecule has 0 aliphatic carbocycles. The van der Waals surface area contributed by atoms with Gasteiger partial charge in [-0.15, -0.1) is 0 Å². The van der Waals surface area contributed by atoms with Crippen LogP contribution in [0.5, 0.6) is 0 Å². The van der Waals surface area contributed by atoms with E-state index < -0.39 is 5.91 Å². The van der Waals surface area contributed by atoms with Gasteiger partial charge in [-0.05, 0) is 81.6 Å². The first kappa shape index (κ1) is 26.2. The van der Waals surface area contributed by atoms with Gasteiger partial charge in [0.2, 0.25) is 11.8 Å². The zero-order chi connectivity index (χ0) is 25.2. The molecule has 0 radical (unpaired) electrons. The van der Waals surface area contributed by atoms with Crippen molar-refractivity contribution in [1.29, 1.82) is 0 Å². The maximum atomic E-state index is 12.7. The van der Waals surface area contributed by atoms with E-state index in [0.29, 0.717) is 17.8 Å². The highest BCUT2D eigenvalue weighted by molar-refractivity contribution is 5.94. The third-order valence-corrected chi connectivity index (χ3v) is 6.49. The molecule has 2 aromatic carbocycles. The van der Waals surface area contributed by atoms with Crippen LogP contribution in [0, 0.1) is 5.92 Å². The molecule has 3 rings (SSSR count). The number of amides is 4. The van der Waals surface area contributed by atoms with E-state index in [1.165, 1.54) is 0 Å². The van der Waals surface area contributed by atoms with Crippen molar-refractivity contribution in [2.75, 3.05) is 44.6 Å². The van der Waals surface area contributed by atoms with E-state index in [2.05, 4.69) is 15.5 Å². The van der Waals surface area contributed by atoms with Crippen molar-refractivity contribution < 1.29 is 14.4 Å². The summed E-state index contributed by atoms with van der Waals surface area (Å²) in [7, 11) is 0. The first-order valence-corrected chi connectivity index (χ1v) is 12.5. The molecule has 2 aromatic rings. The van der Waals surface area contributed by atoms with E-state index in [1.54, 1.807) is 18.2 Å². The lowest BCUT2D eigenvalue weighted by atomic mass is 9.96. The molecule has 1 aliphatic rings. The Kier molecular flexibility index (Phi) is 9.66. The minimum atomic E-state index is -0.463. The maximum Gasteiger partial charge on any atom is 0.319 e. The zero-order valence-electron chi connectivity index (χ0n) is 20.8. The normalized spacial score (nSPS) is 15.9. The van der Waals surface area contributed by atoms with Crippen LogP contribution in [0.25, 0.3) is 11.1 Å². The summed E-state index contributed by atoms with van der Waals surface area (Å²) in [6.45, 7) is 8.80. The average molecular weight is 480 g/mol. The molecule has 1 saturated heterocycles. The summed E-state index contributed by atoms with van der Waals surface area (Å²) in [5.41, 5.74) is 8.32. The second-order valence-electron chi connectivity index (χ2n) is 8.91. The van der Waals surface area contributed by atoms with Gasteiger partial charge in [0.05, 0.1) is 5.92 Å². The quantitative estimate of drug-likeness (QED) is 0.453. The van der Waals surface area contributed by atoms with Crippen LogP contribution >= 0.6 is 0 Å². The van der Waals surface area contributed by atoms with E-state index in [4.69, 9.17) is 5.73 Å². The number of anilines is 1. The average Bonchev–Trinajstić information content (AvgIpc) is 2.88. The highest BCUT2D eigenvalue weighted by Crippen LogP contribution is 2.22. The number of rotatable bonds is 10. The van der Waals surface area contributed by atoms with Crippen LogP contribution in [-0.2, 0) is 4.79 Å². The number of nitrogens with zero attached hydrogens (tertiary/aromatic N) is 2. The van der Waals surface area contributed by atoms with Crippen LogP contribution in [0.3, 0.4) is 0 Å². The summed E-state index contributed by atoms with van der Waals surface area (Å²) >= 11 is 0. The SMILES string of the molecule is CCN(CC)C(=O)C1CCCN(CCCNC(=O)Nc2ccc(-c3cccc(C(N)=O)c3)cc2)C1. The predicted molar refractivity (Wildman–Crippen MR) is 139 cm³/mol. The maximum absolute atomic E-state index is 12.7. The molecule has 1 heterocycles. The first-order valence-electron chi connectivity index (χ1n) is 12.5. The second kappa shape index (κ2) is 12.9. The van der Waals surface area contributed by atoms with Gasteiger partial charge in [-0.25, -0.2) is 4.79 Å². The van der Waals surface area contributed by atoms with Gasteiger partial charge in [0, 0.05) is 37.4 Å². The second-order valence-corrected chi connectivity index (χ2v) is 8.91. The zero-order valence-corrected chi connectivity index (χ0v) is 20.8. The molecule has 8 nitrogen and oxygen atoms in total. The Labute approximate surface area is 207 Å². The van der Waals surface area contributed by atoms with Gasteiger partial charge >= 0.3 is 6.03 Å². The highest BCUT2D eigenvalue weighted by atomic mass is 16.2. The summed E-state index contributed by atoms with van der Waals surface area (Å²) < 4.78 is 0.